The Morgan fingerprint density at radius 3 is 2.71 bits per heavy atom. The van der Waals surface area contributed by atoms with Crippen molar-refractivity contribution in [1.29, 1.82) is 0 Å². The van der Waals surface area contributed by atoms with E-state index in [0.717, 1.165) is 25.7 Å². The average Bonchev–Trinajstić information content (AvgIpc) is 2.39. The molecule has 9 nitrogen and oxygen atoms in total. The minimum Gasteiger partial charge on any atom is -0.754 e. The number of nitrogens with two attached hydrogens (primary N) is 1. The Labute approximate surface area is 123 Å². The van der Waals surface area contributed by atoms with E-state index < -0.39 is 16.3 Å². The van der Waals surface area contributed by atoms with Crippen molar-refractivity contribution in [2.45, 2.75) is 39.5 Å². The molecule has 0 unspecified atom stereocenters. The van der Waals surface area contributed by atoms with Gasteiger partial charge >= 0.3 is 16.3 Å². The Morgan fingerprint density at radius 1 is 1.48 bits per heavy atom. The summed E-state index contributed by atoms with van der Waals surface area (Å²) in [5.74, 6) is -0.542. The van der Waals surface area contributed by atoms with Gasteiger partial charge in [0.1, 0.15) is 5.69 Å². The van der Waals surface area contributed by atoms with E-state index in [0.29, 0.717) is 11.3 Å². The Hall–Kier alpha value is -1.81. The van der Waals surface area contributed by atoms with Gasteiger partial charge in [-0.1, -0.05) is 30.9 Å². The van der Waals surface area contributed by atoms with Crippen LogP contribution in [0.5, 0.6) is 0 Å². The number of hydrogen-bond donors (Lipinski definition) is 2. The van der Waals surface area contributed by atoms with Crippen molar-refractivity contribution in [3.05, 3.63) is 22.5 Å². The van der Waals surface area contributed by atoms with E-state index in [9.17, 15) is 13.6 Å². The van der Waals surface area contributed by atoms with E-state index in [2.05, 4.69) is 16.2 Å². The van der Waals surface area contributed by atoms with E-state index in [1.54, 1.807) is 0 Å². The Balaban J connectivity index is 3.02. The van der Waals surface area contributed by atoms with Crippen LogP contribution >= 0.6 is 0 Å². The van der Waals surface area contributed by atoms with Crippen LogP contribution in [0.15, 0.2) is 11.1 Å². The Bertz CT molecular complexity index is 653. The van der Waals surface area contributed by atoms with Crippen molar-refractivity contribution >= 4 is 16.3 Å². The zero-order valence-electron chi connectivity index (χ0n) is 12.0. The highest BCUT2D eigenvalue weighted by molar-refractivity contribution is 7.81. The highest BCUT2D eigenvalue weighted by atomic mass is 32.3. The molecule has 0 aliphatic rings. The maximum absolute atomic E-state index is 11.9. The first kappa shape index (κ1) is 17.2. The monoisotopic (exact) mass is 320 g/mol. The van der Waals surface area contributed by atoms with Gasteiger partial charge < -0.3 is 10.9 Å². The summed E-state index contributed by atoms with van der Waals surface area (Å²) in [6.07, 6.45) is 4.08. The third kappa shape index (κ3) is 5.23. The van der Waals surface area contributed by atoms with Gasteiger partial charge in [0.25, 0.3) is 0 Å². The summed E-state index contributed by atoms with van der Waals surface area (Å²) < 4.78 is 35.0. The number of hydrogen-bond acceptors (Lipinski definition) is 6. The maximum Gasteiger partial charge on any atom is 0.473 e. The SMILES string of the molecule is CCCCCCN=c1cc(C)n(OS(=O)(=O)O)c(N)[n+]1[O-]. The van der Waals surface area contributed by atoms with Crippen molar-refractivity contribution < 1.29 is 22.0 Å². The molecule has 0 bridgehead atoms. The zero-order chi connectivity index (χ0) is 16.0. The number of aryl methyl sites for hydroxylation is 1. The fourth-order valence-electron chi connectivity index (χ4n) is 1.72. The molecular formula is C11H20N4O5S. The van der Waals surface area contributed by atoms with Crippen molar-refractivity contribution in [2.24, 2.45) is 4.99 Å². The van der Waals surface area contributed by atoms with Gasteiger partial charge in [-0.25, -0.2) is 9.01 Å². The van der Waals surface area contributed by atoms with Crippen LogP contribution in [0.3, 0.4) is 0 Å². The summed E-state index contributed by atoms with van der Waals surface area (Å²) in [6.45, 7) is 4.04. The highest BCUT2D eigenvalue weighted by Crippen LogP contribution is 2.00. The Kier molecular flexibility index (Phi) is 5.97. The molecule has 120 valence electrons. The van der Waals surface area contributed by atoms with Crippen LogP contribution in [-0.4, -0.2) is 24.2 Å². The molecule has 1 aromatic heterocycles. The normalized spacial score (nSPS) is 12.6. The predicted octanol–water partition coefficient (Wildman–Crippen LogP) is -0.275. The fraction of sp³-hybridized carbons (Fsp3) is 0.636. The van der Waals surface area contributed by atoms with Crippen LogP contribution in [0, 0.1) is 12.1 Å². The van der Waals surface area contributed by atoms with E-state index in [4.69, 9.17) is 10.3 Å². The summed E-state index contributed by atoms with van der Waals surface area (Å²) in [5.41, 5.74) is 5.78. The van der Waals surface area contributed by atoms with Gasteiger partial charge in [0.2, 0.25) is 5.49 Å². The minimum atomic E-state index is -4.78. The number of unbranched alkanes of at least 4 members (excludes halogenated alkanes) is 3. The first-order chi connectivity index (χ1) is 9.76. The maximum atomic E-state index is 11.9. The second-order valence-corrected chi connectivity index (χ2v) is 5.54. The van der Waals surface area contributed by atoms with Crippen LogP contribution in [-0.2, 0) is 10.4 Å². The fourth-order valence-corrected chi connectivity index (χ4v) is 2.10. The molecule has 0 aliphatic carbocycles. The van der Waals surface area contributed by atoms with Crippen LogP contribution < -0.4 is 20.2 Å². The molecule has 0 aromatic carbocycles. The third-order valence-electron chi connectivity index (χ3n) is 2.74. The minimum absolute atomic E-state index is 0.0664. The van der Waals surface area contributed by atoms with Crippen LogP contribution in [0.25, 0.3) is 0 Å². The second-order valence-electron chi connectivity index (χ2n) is 4.54. The van der Waals surface area contributed by atoms with E-state index in [1.165, 1.54) is 13.0 Å². The van der Waals surface area contributed by atoms with Crippen LogP contribution in [0.4, 0.5) is 5.95 Å². The molecule has 21 heavy (non-hydrogen) atoms. The summed E-state index contributed by atoms with van der Waals surface area (Å²) >= 11 is 0. The molecular weight excluding hydrogens is 300 g/mol. The van der Waals surface area contributed by atoms with Crippen LogP contribution in [0.2, 0.25) is 0 Å². The zero-order valence-corrected chi connectivity index (χ0v) is 12.8. The molecule has 0 fully saturated rings. The smallest absolute Gasteiger partial charge is 0.473 e. The van der Waals surface area contributed by atoms with Crippen molar-refractivity contribution in [3.8, 4) is 0 Å². The summed E-state index contributed by atoms with van der Waals surface area (Å²) in [5, 5.41) is 11.9. The lowest BCUT2D eigenvalue weighted by atomic mass is 10.2. The molecule has 3 N–H and O–H groups in total. The lowest BCUT2D eigenvalue weighted by Gasteiger charge is -2.13. The van der Waals surface area contributed by atoms with Gasteiger partial charge in [-0.2, -0.15) is 13.4 Å². The number of rotatable bonds is 7. The lowest BCUT2D eigenvalue weighted by Crippen LogP contribution is -2.51. The number of nitrogens with zero attached hydrogens (tertiary/aromatic N) is 3. The molecule has 1 heterocycles. The molecule has 0 amide bonds. The van der Waals surface area contributed by atoms with Gasteiger partial charge in [0, 0.05) is 6.07 Å². The standard InChI is InChI=1S/C11H20N4O5S/c1-3-4-5-6-7-13-10-8-9(2)15(11(12)14(10)16)20-21(17,18)19/h8H,3-7,12H2,1-2H3,(H,17,18,19). The molecule has 0 aliphatic heterocycles. The Morgan fingerprint density at radius 2 is 2.14 bits per heavy atom. The number of aromatic nitrogens is 2. The molecule has 10 heteroatoms. The number of anilines is 1. The first-order valence-electron chi connectivity index (χ1n) is 6.56. The molecule has 1 aromatic rings. The first-order valence-corrected chi connectivity index (χ1v) is 7.92. The van der Waals surface area contributed by atoms with Gasteiger partial charge in [0.05, 0.1) is 6.54 Å². The van der Waals surface area contributed by atoms with E-state index in [1.807, 2.05) is 0 Å². The van der Waals surface area contributed by atoms with Crippen molar-refractivity contribution in [2.75, 3.05) is 12.3 Å². The quantitative estimate of drug-likeness (QED) is 0.307. The average molecular weight is 320 g/mol. The van der Waals surface area contributed by atoms with E-state index >= 15 is 0 Å². The number of nitrogen functional groups attached to an aromatic ring is 1. The predicted molar refractivity (Wildman–Crippen MR) is 75.2 cm³/mol. The molecule has 1 rings (SSSR count). The van der Waals surface area contributed by atoms with Crippen molar-refractivity contribution in [3.63, 3.8) is 0 Å². The van der Waals surface area contributed by atoms with Crippen molar-refractivity contribution in [1.82, 2.24) is 4.73 Å². The lowest BCUT2D eigenvalue weighted by molar-refractivity contribution is -0.613. The van der Waals surface area contributed by atoms with Gasteiger partial charge in [-0.05, 0) is 13.3 Å². The molecule has 0 saturated carbocycles. The summed E-state index contributed by atoms with van der Waals surface area (Å²) in [6, 6.07) is 1.33. The van der Waals surface area contributed by atoms with Gasteiger partial charge in [-0.15, -0.1) is 0 Å². The third-order valence-corrected chi connectivity index (χ3v) is 3.07. The summed E-state index contributed by atoms with van der Waals surface area (Å²) in [7, 11) is -4.78. The molecule has 0 radical (unpaired) electrons. The second kappa shape index (κ2) is 7.27. The largest absolute Gasteiger partial charge is 0.754 e. The highest BCUT2D eigenvalue weighted by Gasteiger charge is 2.17. The van der Waals surface area contributed by atoms with Gasteiger partial charge in [0.15, 0.2) is 0 Å². The topological polar surface area (TPSA) is 134 Å². The van der Waals surface area contributed by atoms with Gasteiger partial charge in [-0.3, -0.25) is 4.55 Å². The van der Waals surface area contributed by atoms with E-state index in [-0.39, 0.29) is 15.9 Å². The summed E-state index contributed by atoms with van der Waals surface area (Å²) in [4.78, 5) is 4.13. The molecule has 0 saturated heterocycles. The molecule has 0 atom stereocenters. The van der Waals surface area contributed by atoms with Crippen LogP contribution in [0.1, 0.15) is 38.3 Å². The molecule has 0 spiro atoms.